The van der Waals surface area contributed by atoms with E-state index in [1.807, 2.05) is 0 Å². The molecule has 2 bridgehead atoms. The second-order valence-electron chi connectivity index (χ2n) is 4.89. The molecule has 0 aliphatic carbocycles. The van der Waals surface area contributed by atoms with Gasteiger partial charge in [-0.3, -0.25) is 0 Å². The third kappa shape index (κ3) is 2.33. The molecule has 0 unspecified atom stereocenters. The van der Waals surface area contributed by atoms with E-state index in [0.717, 1.165) is 6.54 Å². The average molecular weight is 252 g/mol. The van der Waals surface area contributed by atoms with Crippen molar-refractivity contribution in [3.8, 4) is 5.88 Å². The fourth-order valence-corrected chi connectivity index (χ4v) is 2.68. The minimum absolute atomic E-state index is 0.307. The standard InChI is InChI=1S/C12H17N3O3/c1-16-12-6-10(18-14-12)8-17-13-11-7-15-4-2-9(11)3-5-15/h6,9H,2-5,7-8H2,1H3/p+1/b13-11+. The zero-order chi connectivity index (χ0) is 12.4. The topological polar surface area (TPSA) is 61.3 Å². The van der Waals surface area contributed by atoms with Crippen LogP contribution >= 0.6 is 0 Å². The summed E-state index contributed by atoms with van der Waals surface area (Å²) in [5.74, 6) is 1.73. The van der Waals surface area contributed by atoms with Gasteiger partial charge in [0.2, 0.25) is 0 Å². The number of aromatic nitrogens is 1. The second-order valence-corrected chi connectivity index (χ2v) is 4.89. The summed E-state index contributed by atoms with van der Waals surface area (Å²) >= 11 is 0. The number of piperidine rings is 3. The van der Waals surface area contributed by atoms with E-state index in [1.165, 1.54) is 31.6 Å². The Hall–Kier alpha value is -1.56. The van der Waals surface area contributed by atoms with Crippen LogP contribution in [0.1, 0.15) is 18.6 Å². The molecule has 0 radical (unpaired) electrons. The summed E-state index contributed by atoms with van der Waals surface area (Å²) in [6.07, 6.45) is 2.49. The third-order valence-electron chi connectivity index (χ3n) is 3.73. The van der Waals surface area contributed by atoms with E-state index in [4.69, 9.17) is 14.1 Å². The van der Waals surface area contributed by atoms with Gasteiger partial charge in [0.25, 0.3) is 5.88 Å². The Kier molecular flexibility index (Phi) is 3.19. The van der Waals surface area contributed by atoms with Crippen molar-refractivity contribution in [2.45, 2.75) is 19.4 Å². The molecule has 4 heterocycles. The van der Waals surface area contributed by atoms with Gasteiger partial charge in [0, 0.05) is 24.8 Å². The monoisotopic (exact) mass is 252 g/mol. The number of rotatable bonds is 4. The van der Waals surface area contributed by atoms with Crippen LogP contribution in [0.15, 0.2) is 15.7 Å². The van der Waals surface area contributed by atoms with Gasteiger partial charge in [-0.05, 0) is 5.16 Å². The molecule has 0 spiro atoms. The maximum atomic E-state index is 5.35. The van der Waals surface area contributed by atoms with Crippen LogP contribution in [0.5, 0.6) is 5.88 Å². The first-order valence-corrected chi connectivity index (χ1v) is 6.37. The van der Waals surface area contributed by atoms with Gasteiger partial charge in [-0.25, -0.2) is 0 Å². The molecule has 3 saturated heterocycles. The fraction of sp³-hybridized carbons (Fsp3) is 0.667. The van der Waals surface area contributed by atoms with Gasteiger partial charge in [-0.2, -0.15) is 0 Å². The van der Waals surface area contributed by atoms with Crippen molar-refractivity contribution >= 4 is 5.71 Å². The smallest absolute Gasteiger partial charge is 0.254 e. The minimum atomic E-state index is 0.307. The van der Waals surface area contributed by atoms with Gasteiger partial charge in [0.15, 0.2) is 12.4 Å². The van der Waals surface area contributed by atoms with E-state index in [-0.39, 0.29) is 0 Å². The molecule has 1 aromatic heterocycles. The van der Waals surface area contributed by atoms with E-state index < -0.39 is 0 Å². The lowest BCUT2D eigenvalue weighted by Gasteiger charge is -2.36. The molecule has 6 heteroatoms. The van der Waals surface area contributed by atoms with Gasteiger partial charge >= 0.3 is 0 Å². The molecule has 4 rings (SSSR count). The number of ether oxygens (including phenoxy) is 1. The Morgan fingerprint density at radius 2 is 2.33 bits per heavy atom. The number of oxime groups is 1. The van der Waals surface area contributed by atoms with Crippen molar-refractivity contribution < 1.29 is 19.0 Å². The van der Waals surface area contributed by atoms with Crippen LogP contribution in [-0.2, 0) is 11.4 Å². The summed E-state index contributed by atoms with van der Waals surface area (Å²) in [6.45, 7) is 3.90. The molecule has 3 fully saturated rings. The average Bonchev–Trinajstić information content (AvgIpc) is 2.88. The number of nitrogens with one attached hydrogen (secondary N) is 1. The van der Waals surface area contributed by atoms with Gasteiger partial charge in [0.1, 0.15) is 12.3 Å². The zero-order valence-corrected chi connectivity index (χ0v) is 10.5. The first kappa shape index (κ1) is 11.5. The third-order valence-corrected chi connectivity index (χ3v) is 3.73. The summed E-state index contributed by atoms with van der Waals surface area (Å²) in [5, 5.41) is 7.97. The number of hydrogen-bond acceptors (Lipinski definition) is 5. The SMILES string of the molecule is COc1cc(CO/N=C2\C[NH+]3CCC2CC3)on1. The van der Waals surface area contributed by atoms with Crippen molar-refractivity contribution in [3.63, 3.8) is 0 Å². The van der Waals surface area contributed by atoms with Gasteiger partial charge in [0.05, 0.1) is 20.2 Å². The molecule has 98 valence electrons. The summed E-state index contributed by atoms with van der Waals surface area (Å²) in [7, 11) is 1.55. The molecular weight excluding hydrogens is 234 g/mol. The number of quaternary nitrogens is 1. The van der Waals surface area contributed by atoms with Crippen LogP contribution in [0.3, 0.4) is 0 Å². The summed E-state index contributed by atoms with van der Waals surface area (Å²) in [4.78, 5) is 6.98. The molecule has 18 heavy (non-hydrogen) atoms. The van der Waals surface area contributed by atoms with Crippen molar-refractivity contribution in [3.05, 3.63) is 11.8 Å². The molecule has 1 aromatic rings. The Morgan fingerprint density at radius 3 is 2.94 bits per heavy atom. The lowest BCUT2D eigenvalue weighted by atomic mass is 9.87. The van der Waals surface area contributed by atoms with Crippen molar-refractivity contribution in [1.29, 1.82) is 0 Å². The number of hydrogen-bond donors (Lipinski definition) is 1. The van der Waals surface area contributed by atoms with Crippen LogP contribution in [-0.4, -0.2) is 37.6 Å². The van der Waals surface area contributed by atoms with E-state index in [9.17, 15) is 0 Å². The van der Waals surface area contributed by atoms with Crippen molar-refractivity contribution in [2.24, 2.45) is 11.1 Å². The van der Waals surface area contributed by atoms with Gasteiger partial charge < -0.3 is 19.0 Å². The lowest BCUT2D eigenvalue weighted by molar-refractivity contribution is -0.902. The Balaban J connectivity index is 1.54. The van der Waals surface area contributed by atoms with Gasteiger partial charge in [-0.15, -0.1) is 0 Å². The largest absolute Gasteiger partial charge is 0.479 e. The predicted molar refractivity (Wildman–Crippen MR) is 63.6 cm³/mol. The quantitative estimate of drug-likeness (QED) is 0.758. The van der Waals surface area contributed by atoms with E-state index >= 15 is 0 Å². The van der Waals surface area contributed by atoms with Crippen LogP contribution in [0, 0.1) is 5.92 Å². The molecule has 0 atom stereocenters. The lowest BCUT2D eigenvalue weighted by Crippen LogP contribution is -3.16. The second kappa shape index (κ2) is 4.97. The maximum absolute atomic E-state index is 5.35. The van der Waals surface area contributed by atoms with Crippen LogP contribution in [0.25, 0.3) is 0 Å². The minimum Gasteiger partial charge on any atom is -0.479 e. The molecule has 0 saturated carbocycles. The highest BCUT2D eigenvalue weighted by Crippen LogP contribution is 2.16. The first-order valence-electron chi connectivity index (χ1n) is 6.37. The summed E-state index contributed by atoms with van der Waals surface area (Å²) < 4.78 is 9.96. The van der Waals surface area contributed by atoms with Crippen LogP contribution in [0.2, 0.25) is 0 Å². The summed E-state index contributed by atoms with van der Waals surface area (Å²) in [5.41, 5.74) is 1.20. The highest BCUT2D eigenvalue weighted by molar-refractivity contribution is 5.88. The number of methoxy groups -OCH3 is 1. The highest BCUT2D eigenvalue weighted by atomic mass is 16.6. The highest BCUT2D eigenvalue weighted by Gasteiger charge is 2.34. The summed E-state index contributed by atoms with van der Waals surface area (Å²) in [6, 6.07) is 1.71. The van der Waals surface area contributed by atoms with Crippen molar-refractivity contribution in [1.82, 2.24) is 5.16 Å². The molecule has 3 aliphatic heterocycles. The van der Waals surface area contributed by atoms with Crippen molar-refractivity contribution in [2.75, 3.05) is 26.7 Å². The number of fused-ring (bicyclic) bond motifs is 3. The molecule has 6 nitrogen and oxygen atoms in total. The van der Waals surface area contributed by atoms with Gasteiger partial charge in [-0.1, -0.05) is 5.16 Å². The molecule has 3 aliphatic rings. The molecular formula is C12H18N3O3+. The Labute approximate surface area is 106 Å². The molecule has 0 amide bonds. The number of nitrogens with zero attached hydrogens (tertiary/aromatic N) is 2. The maximum Gasteiger partial charge on any atom is 0.254 e. The van der Waals surface area contributed by atoms with Crippen LogP contribution < -0.4 is 9.64 Å². The normalized spacial score (nSPS) is 28.6. The first-order chi connectivity index (χ1) is 8.85. The molecule has 1 N–H and O–H groups in total. The Bertz CT molecular complexity index is 436. The zero-order valence-electron chi connectivity index (χ0n) is 10.5. The van der Waals surface area contributed by atoms with E-state index in [2.05, 4.69) is 10.3 Å². The molecule has 0 aromatic carbocycles. The predicted octanol–water partition coefficient (Wildman–Crippen LogP) is -0.136. The Morgan fingerprint density at radius 1 is 1.50 bits per heavy atom. The fourth-order valence-electron chi connectivity index (χ4n) is 2.68. The van der Waals surface area contributed by atoms with E-state index in [1.54, 1.807) is 18.1 Å². The van der Waals surface area contributed by atoms with E-state index in [0.29, 0.717) is 24.2 Å². The van der Waals surface area contributed by atoms with Crippen LogP contribution in [0.4, 0.5) is 0 Å².